The van der Waals surface area contributed by atoms with E-state index in [1.165, 1.54) is 0 Å². The Balaban J connectivity index is 1.93. The molecule has 0 amide bonds. The maximum absolute atomic E-state index is 11.8. The predicted octanol–water partition coefficient (Wildman–Crippen LogP) is 5.75. The number of rotatable bonds is 14. The molecule has 4 nitrogen and oxygen atoms in total. The van der Waals surface area contributed by atoms with Crippen LogP contribution >= 0.6 is 0 Å². The standard InChI is InChI=1S/C22H34O4/c1-3-4-13-18-25-21(23)16-9-7-5-6-8-10-17-22(24)26-20-15-12-11-14-19(20)2/h11-12,14-15H,3-10,13,16-18H2,1-2H3. The van der Waals surface area contributed by atoms with Crippen molar-refractivity contribution in [3.8, 4) is 5.75 Å². The van der Waals surface area contributed by atoms with Gasteiger partial charge in [-0.1, -0.05) is 63.6 Å². The molecule has 26 heavy (non-hydrogen) atoms. The minimum Gasteiger partial charge on any atom is -0.466 e. The van der Waals surface area contributed by atoms with E-state index in [1.807, 2.05) is 31.2 Å². The van der Waals surface area contributed by atoms with Crippen molar-refractivity contribution >= 4 is 11.9 Å². The van der Waals surface area contributed by atoms with Crippen molar-refractivity contribution in [3.63, 3.8) is 0 Å². The first-order chi connectivity index (χ1) is 12.6. The Morgan fingerprint density at radius 3 is 2.08 bits per heavy atom. The third-order valence-corrected chi connectivity index (χ3v) is 4.34. The molecule has 0 aliphatic heterocycles. The summed E-state index contributed by atoms with van der Waals surface area (Å²) in [5.74, 6) is 0.421. The Labute approximate surface area is 158 Å². The van der Waals surface area contributed by atoms with E-state index < -0.39 is 0 Å². The normalized spacial score (nSPS) is 10.5. The van der Waals surface area contributed by atoms with E-state index in [-0.39, 0.29) is 11.9 Å². The average molecular weight is 363 g/mol. The zero-order chi connectivity index (χ0) is 19.0. The molecule has 0 aliphatic rings. The molecule has 1 aromatic carbocycles. The Hall–Kier alpha value is -1.84. The number of hydrogen-bond acceptors (Lipinski definition) is 4. The maximum Gasteiger partial charge on any atom is 0.311 e. The molecular formula is C22H34O4. The van der Waals surface area contributed by atoms with Crippen molar-refractivity contribution in [2.45, 2.75) is 84.5 Å². The van der Waals surface area contributed by atoms with E-state index in [4.69, 9.17) is 9.47 Å². The Morgan fingerprint density at radius 1 is 0.808 bits per heavy atom. The van der Waals surface area contributed by atoms with Gasteiger partial charge in [-0.15, -0.1) is 0 Å². The number of carbonyl (C=O) groups is 2. The summed E-state index contributed by atoms with van der Waals surface area (Å²) in [5, 5.41) is 0. The lowest BCUT2D eigenvalue weighted by Gasteiger charge is -2.07. The molecule has 0 saturated carbocycles. The summed E-state index contributed by atoms with van der Waals surface area (Å²) in [6.07, 6.45) is 10.2. The van der Waals surface area contributed by atoms with Crippen LogP contribution in [-0.2, 0) is 14.3 Å². The molecule has 1 rings (SSSR count). The van der Waals surface area contributed by atoms with Crippen LogP contribution in [-0.4, -0.2) is 18.5 Å². The van der Waals surface area contributed by atoms with Gasteiger partial charge < -0.3 is 9.47 Å². The van der Waals surface area contributed by atoms with Crippen LogP contribution in [0.5, 0.6) is 5.75 Å². The van der Waals surface area contributed by atoms with Crippen molar-refractivity contribution in [1.29, 1.82) is 0 Å². The third-order valence-electron chi connectivity index (χ3n) is 4.34. The topological polar surface area (TPSA) is 52.6 Å². The number of esters is 2. The molecule has 1 aromatic rings. The smallest absolute Gasteiger partial charge is 0.311 e. The largest absolute Gasteiger partial charge is 0.466 e. The second-order valence-corrected chi connectivity index (χ2v) is 6.79. The lowest BCUT2D eigenvalue weighted by Crippen LogP contribution is -2.08. The summed E-state index contributed by atoms with van der Waals surface area (Å²) >= 11 is 0. The molecule has 0 bridgehead atoms. The molecule has 146 valence electrons. The van der Waals surface area contributed by atoms with Crippen molar-refractivity contribution in [2.75, 3.05) is 6.61 Å². The molecule has 0 unspecified atom stereocenters. The molecule has 0 saturated heterocycles. The maximum atomic E-state index is 11.8. The van der Waals surface area contributed by atoms with Crippen LogP contribution in [0.4, 0.5) is 0 Å². The molecule has 0 N–H and O–H groups in total. The Kier molecular flexibility index (Phi) is 12.2. The second kappa shape index (κ2) is 14.3. The molecular weight excluding hydrogens is 328 g/mol. The van der Waals surface area contributed by atoms with Gasteiger partial charge in [0.05, 0.1) is 6.61 Å². The zero-order valence-electron chi connectivity index (χ0n) is 16.4. The summed E-state index contributed by atoms with van der Waals surface area (Å²) in [7, 11) is 0. The second-order valence-electron chi connectivity index (χ2n) is 6.79. The highest BCUT2D eigenvalue weighted by atomic mass is 16.5. The highest BCUT2D eigenvalue weighted by Crippen LogP contribution is 2.17. The molecule has 0 fully saturated rings. The number of benzene rings is 1. The van der Waals surface area contributed by atoms with Gasteiger partial charge in [0.2, 0.25) is 0 Å². The summed E-state index contributed by atoms with van der Waals surface area (Å²) in [4.78, 5) is 23.3. The van der Waals surface area contributed by atoms with Gasteiger partial charge in [0.1, 0.15) is 5.75 Å². The molecule has 0 aromatic heterocycles. The van der Waals surface area contributed by atoms with E-state index >= 15 is 0 Å². The predicted molar refractivity (Wildman–Crippen MR) is 104 cm³/mol. The van der Waals surface area contributed by atoms with Gasteiger partial charge in [-0.25, -0.2) is 0 Å². The van der Waals surface area contributed by atoms with Gasteiger partial charge in [0.15, 0.2) is 0 Å². The van der Waals surface area contributed by atoms with Crippen LogP contribution in [0.15, 0.2) is 24.3 Å². The molecule has 0 atom stereocenters. The van der Waals surface area contributed by atoms with Crippen molar-refractivity contribution in [1.82, 2.24) is 0 Å². The third kappa shape index (κ3) is 10.9. The van der Waals surface area contributed by atoms with Crippen LogP contribution in [0.3, 0.4) is 0 Å². The summed E-state index contributed by atoms with van der Waals surface area (Å²) in [6, 6.07) is 7.56. The average Bonchev–Trinajstić information content (AvgIpc) is 2.63. The fraction of sp³-hybridized carbons (Fsp3) is 0.636. The van der Waals surface area contributed by atoms with Crippen molar-refractivity contribution in [2.24, 2.45) is 0 Å². The fourth-order valence-corrected chi connectivity index (χ4v) is 2.70. The van der Waals surface area contributed by atoms with E-state index in [1.54, 1.807) is 0 Å². The van der Waals surface area contributed by atoms with Crippen molar-refractivity contribution in [3.05, 3.63) is 29.8 Å². The lowest BCUT2D eigenvalue weighted by molar-refractivity contribution is -0.144. The first kappa shape index (κ1) is 22.2. The van der Waals surface area contributed by atoms with Gasteiger partial charge in [-0.2, -0.15) is 0 Å². The number of hydrogen-bond donors (Lipinski definition) is 0. The Bertz CT molecular complexity index is 525. The monoisotopic (exact) mass is 362 g/mol. The quantitative estimate of drug-likeness (QED) is 0.240. The SMILES string of the molecule is CCCCCOC(=O)CCCCCCCCC(=O)Oc1ccccc1C. The number of aryl methyl sites for hydroxylation is 1. The first-order valence-corrected chi connectivity index (χ1v) is 10.1. The van der Waals surface area contributed by atoms with Gasteiger partial charge >= 0.3 is 11.9 Å². The van der Waals surface area contributed by atoms with E-state index in [0.717, 1.165) is 63.4 Å². The van der Waals surface area contributed by atoms with Gasteiger partial charge in [-0.05, 0) is 37.8 Å². The Morgan fingerprint density at radius 2 is 1.42 bits per heavy atom. The van der Waals surface area contributed by atoms with Crippen LogP contribution in [0, 0.1) is 6.92 Å². The van der Waals surface area contributed by atoms with Gasteiger partial charge in [0, 0.05) is 12.8 Å². The van der Waals surface area contributed by atoms with Crippen LogP contribution in [0.2, 0.25) is 0 Å². The lowest BCUT2D eigenvalue weighted by atomic mass is 10.1. The minimum atomic E-state index is -0.162. The molecule has 0 heterocycles. The summed E-state index contributed by atoms with van der Waals surface area (Å²) in [6.45, 7) is 4.63. The van der Waals surface area contributed by atoms with Gasteiger partial charge in [0.25, 0.3) is 0 Å². The molecule has 4 heteroatoms. The van der Waals surface area contributed by atoms with E-state index in [0.29, 0.717) is 25.2 Å². The molecule has 0 spiro atoms. The number of para-hydroxylation sites is 1. The van der Waals surface area contributed by atoms with Crippen LogP contribution < -0.4 is 4.74 Å². The molecule has 0 aliphatic carbocycles. The van der Waals surface area contributed by atoms with Crippen LogP contribution in [0.1, 0.15) is 83.1 Å². The highest BCUT2D eigenvalue weighted by Gasteiger charge is 2.06. The highest BCUT2D eigenvalue weighted by molar-refractivity contribution is 5.72. The number of carbonyl (C=O) groups excluding carboxylic acids is 2. The van der Waals surface area contributed by atoms with Gasteiger partial charge in [-0.3, -0.25) is 9.59 Å². The first-order valence-electron chi connectivity index (χ1n) is 10.1. The summed E-state index contributed by atoms with van der Waals surface area (Å²) < 4.78 is 10.6. The minimum absolute atomic E-state index is 0.0694. The zero-order valence-corrected chi connectivity index (χ0v) is 16.4. The molecule has 0 radical (unpaired) electrons. The number of unbranched alkanes of at least 4 members (excludes halogenated alkanes) is 7. The van der Waals surface area contributed by atoms with E-state index in [9.17, 15) is 9.59 Å². The van der Waals surface area contributed by atoms with Crippen molar-refractivity contribution < 1.29 is 19.1 Å². The van der Waals surface area contributed by atoms with Crippen LogP contribution in [0.25, 0.3) is 0 Å². The van der Waals surface area contributed by atoms with E-state index in [2.05, 4.69) is 6.92 Å². The number of ether oxygens (including phenoxy) is 2. The fourth-order valence-electron chi connectivity index (χ4n) is 2.70. The summed E-state index contributed by atoms with van der Waals surface area (Å²) in [5.41, 5.74) is 0.977.